The fraction of sp³-hybridized carbons (Fsp3) is 0.800. The van der Waals surface area contributed by atoms with Crippen LogP contribution in [0.3, 0.4) is 0 Å². The predicted molar refractivity (Wildman–Crippen MR) is 53.8 cm³/mol. The Hall–Kier alpha value is -1.10. The Morgan fingerprint density at radius 1 is 0.800 bits per heavy atom. The van der Waals surface area contributed by atoms with E-state index in [1.807, 2.05) is 0 Å². The Balaban J connectivity index is 2.99. The SMILES string of the molecule is O=C(O)CCCCCOCCCC(=O)O. The van der Waals surface area contributed by atoms with Gasteiger partial charge in [0.05, 0.1) is 0 Å². The number of rotatable bonds is 10. The molecule has 0 aromatic rings. The summed E-state index contributed by atoms with van der Waals surface area (Å²) in [4.78, 5) is 20.3. The van der Waals surface area contributed by atoms with E-state index in [9.17, 15) is 9.59 Å². The van der Waals surface area contributed by atoms with Gasteiger partial charge in [-0.25, -0.2) is 0 Å². The van der Waals surface area contributed by atoms with Crippen molar-refractivity contribution < 1.29 is 24.5 Å². The molecule has 0 aliphatic rings. The third-order valence-corrected chi connectivity index (χ3v) is 1.86. The van der Waals surface area contributed by atoms with Crippen molar-refractivity contribution in [3.05, 3.63) is 0 Å². The highest BCUT2D eigenvalue weighted by molar-refractivity contribution is 5.66. The summed E-state index contributed by atoms with van der Waals surface area (Å²) in [5.74, 6) is -1.57. The van der Waals surface area contributed by atoms with Crippen LogP contribution in [0.5, 0.6) is 0 Å². The van der Waals surface area contributed by atoms with E-state index in [1.54, 1.807) is 0 Å². The molecule has 0 saturated carbocycles. The minimum atomic E-state index is -0.806. The highest BCUT2D eigenvalue weighted by Crippen LogP contribution is 2.00. The Morgan fingerprint density at radius 3 is 1.93 bits per heavy atom. The Labute approximate surface area is 89.0 Å². The molecular weight excluding hydrogens is 200 g/mol. The number of carboxylic acids is 2. The maximum absolute atomic E-state index is 10.2. The molecule has 0 aromatic heterocycles. The van der Waals surface area contributed by atoms with Crippen LogP contribution in [0.15, 0.2) is 0 Å². The quantitative estimate of drug-likeness (QED) is 0.543. The van der Waals surface area contributed by atoms with Gasteiger partial charge >= 0.3 is 11.9 Å². The summed E-state index contributed by atoms with van der Waals surface area (Å²) in [7, 11) is 0. The highest BCUT2D eigenvalue weighted by Gasteiger charge is 1.98. The Bertz CT molecular complexity index is 170. The van der Waals surface area contributed by atoms with Crippen LogP contribution in [0.1, 0.15) is 38.5 Å². The number of carbonyl (C=O) groups is 2. The third-order valence-electron chi connectivity index (χ3n) is 1.86. The van der Waals surface area contributed by atoms with E-state index in [4.69, 9.17) is 14.9 Å². The van der Waals surface area contributed by atoms with Crippen LogP contribution < -0.4 is 0 Å². The van der Waals surface area contributed by atoms with Gasteiger partial charge in [-0.3, -0.25) is 9.59 Å². The van der Waals surface area contributed by atoms with Crippen molar-refractivity contribution in [1.29, 1.82) is 0 Å². The first-order valence-corrected chi connectivity index (χ1v) is 5.14. The zero-order valence-electron chi connectivity index (χ0n) is 8.78. The molecule has 0 aliphatic carbocycles. The maximum Gasteiger partial charge on any atom is 0.303 e. The van der Waals surface area contributed by atoms with Crippen LogP contribution in [0.25, 0.3) is 0 Å². The number of unbranched alkanes of at least 4 members (excludes halogenated alkanes) is 2. The monoisotopic (exact) mass is 218 g/mol. The Morgan fingerprint density at radius 2 is 1.33 bits per heavy atom. The van der Waals surface area contributed by atoms with Gasteiger partial charge in [-0.05, 0) is 19.3 Å². The van der Waals surface area contributed by atoms with Gasteiger partial charge in [-0.15, -0.1) is 0 Å². The van der Waals surface area contributed by atoms with Gasteiger partial charge in [-0.1, -0.05) is 6.42 Å². The molecule has 0 heterocycles. The lowest BCUT2D eigenvalue weighted by Crippen LogP contribution is -2.01. The zero-order valence-corrected chi connectivity index (χ0v) is 8.78. The lowest BCUT2D eigenvalue weighted by Gasteiger charge is -2.02. The maximum atomic E-state index is 10.2. The highest BCUT2D eigenvalue weighted by atomic mass is 16.5. The lowest BCUT2D eigenvalue weighted by molar-refractivity contribution is -0.138. The van der Waals surface area contributed by atoms with Crippen molar-refractivity contribution >= 4 is 11.9 Å². The first kappa shape index (κ1) is 13.9. The van der Waals surface area contributed by atoms with E-state index in [-0.39, 0.29) is 12.8 Å². The van der Waals surface area contributed by atoms with Gasteiger partial charge in [0.1, 0.15) is 0 Å². The summed E-state index contributed by atoms with van der Waals surface area (Å²) in [5.41, 5.74) is 0. The molecule has 5 heteroatoms. The van der Waals surface area contributed by atoms with Crippen LogP contribution in [0, 0.1) is 0 Å². The van der Waals surface area contributed by atoms with Gasteiger partial charge in [0.2, 0.25) is 0 Å². The second-order valence-electron chi connectivity index (χ2n) is 3.31. The van der Waals surface area contributed by atoms with E-state index in [0.29, 0.717) is 26.1 Å². The van der Waals surface area contributed by atoms with Gasteiger partial charge in [0, 0.05) is 26.1 Å². The van der Waals surface area contributed by atoms with Crippen molar-refractivity contribution in [2.75, 3.05) is 13.2 Å². The van der Waals surface area contributed by atoms with Crippen LogP contribution in [-0.4, -0.2) is 35.4 Å². The molecule has 5 nitrogen and oxygen atoms in total. The van der Waals surface area contributed by atoms with Crippen molar-refractivity contribution in [3.8, 4) is 0 Å². The number of carboxylic acid groups (broad SMARTS) is 2. The molecule has 15 heavy (non-hydrogen) atoms. The predicted octanol–water partition coefficient (Wildman–Crippen LogP) is 1.51. The van der Waals surface area contributed by atoms with Gasteiger partial charge < -0.3 is 14.9 Å². The van der Waals surface area contributed by atoms with Crippen LogP contribution >= 0.6 is 0 Å². The van der Waals surface area contributed by atoms with Crippen LogP contribution in [-0.2, 0) is 14.3 Å². The first-order chi connectivity index (χ1) is 7.13. The van der Waals surface area contributed by atoms with E-state index >= 15 is 0 Å². The van der Waals surface area contributed by atoms with E-state index in [0.717, 1.165) is 12.8 Å². The number of hydrogen-bond donors (Lipinski definition) is 2. The molecule has 0 radical (unpaired) electrons. The number of hydrogen-bond acceptors (Lipinski definition) is 3. The lowest BCUT2D eigenvalue weighted by atomic mass is 10.2. The third kappa shape index (κ3) is 12.9. The Kier molecular flexibility index (Phi) is 8.76. The molecule has 0 rings (SSSR count). The zero-order chi connectivity index (χ0) is 11.5. The molecule has 0 aromatic carbocycles. The minimum Gasteiger partial charge on any atom is -0.481 e. The van der Waals surface area contributed by atoms with Gasteiger partial charge in [0.25, 0.3) is 0 Å². The van der Waals surface area contributed by atoms with Crippen molar-refractivity contribution in [3.63, 3.8) is 0 Å². The average Bonchev–Trinajstić information content (AvgIpc) is 2.14. The molecule has 0 bridgehead atoms. The summed E-state index contributed by atoms with van der Waals surface area (Å²) in [5, 5.41) is 16.7. The van der Waals surface area contributed by atoms with Crippen molar-refractivity contribution in [2.45, 2.75) is 38.5 Å². The fourth-order valence-corrected chi connectivity index (χ4v) is 1.08. The largest absolute Gasteiger partial charge is 0.481 e. The normalized spacial score (nSPS) is 10.1. The van der Waals surface area contributed by atoms with E-state index in [1.165, 1.54) is 0 Å². The minimum absolute atomic E-state index is 0.138. The number of ether oxygens (including phenoxy) is 1. The molecular formula is C10H18O5. The molecule has 0 unspecified atom stereocenters. The van der Waals surface area contributed by atoms with Gasteiger partial charge in [-0.2, -0.15) is 0 Å². The van der Waals surface area contributed by atoms with E-state index < -0.39 is 11.9 Å². The van der Waals surface area contributed by atoms with Crippen molar-refractivity contribution in [2.24, 2.45) is 0 Å². The molecule has 88 valence electrons. The number of aliphatic carboxylic acids is 2. The summed E-state index contributed by atoms with van der Waals surface area (Å²) in [6.45, 7) is 1.05. The standard InChI is InChI=1S/C10H18O5/c11-9(12)5-2-1-3-7-15-8-4-6-10(13)14/h1-8H2,(H,11,12)(H,13,14). The topological polar surface area (TPSA) is 83.8 Å². The summed E-state index contributed by atoms with van der Waals surface area (Å²) < 4.78 is 5.18. The van der Waals surface area contributed by atoms with Crippen molar-refractivity contribution in [1.82, 2.24) is 0 Å². The molecule has 0 amide bonds. The first-order valence-electron chi connectivity index (χ1n) is 5.14. The van der Waals surface area contributed by atoms with Gasteiger partial charge in [0.15, 0.2) is 0 Å². The van der Waals surface area contributed by atoms with E-state index in [2.05, 4.69) is 0 Å². The summed E-state index contributed by atoms with van der Waals surface area (Å²) >= 11 is 0. The molecule has 0 aliphatic heterocycles. The summed E-state index contributed by atoms with van der Waals surface area (Å²) in [6.07, 6.45) is 3.22. The molecule has 0 fully saturated rings. The summed E-state index contributed by atoms with van der Waals surface area (Å²) in [6, 6.07) is 0. The van der Waals surface area contributed by atoms with Crippen LogP contribution in [0.2, 0.25) is 0 Å². The fourth-order valence-electron chi connectivity index (χ4n) is 1.08. The second-order valence-corrected chi connectivity index (χ2v) is 3.31. The molecule has 0 atom stereocenters. The molecule has 0 spiro atoms. The molecule has 2 N–H and O–H groups in total. The molecule has 0 saturated heterocycles. The smallest absolute Gasteiger partial charge is 0.303 e. The average molecular weight is 218 g/mol. The second kappa shape index (κ2) is 9.45. The van der Waals surface area contributed by atoms with Crippen LogP contribution in [0.4, 0.5) is 0 Å².